The van der Waals surface area contributed by atoms with Crippen LogP contribution in [-0.4, -0.2) is 40.5 Å². The van der Waals surface area contributed by atoms with Crippen LogP contribution in [0.1, 0.15) is 43.1 Å². The molecule has 1 aromatic carbocycles. The third-order valence-corrected chi connectivity index (χ3v) is 5.04. The van der Waals surface area contributed by atoms with Gasteiger partial charge >= 0.3 is 0 Å². The molecule has 0 bridgehead atoms. The highest BCUT2D eigenvalue weighted by Crippen LogP contribution is 2.35. The maximum absolute atomic E-state index is 4.87. The minimum Gasteiger partial charge on any atom is -0.341 e. The van der Waals surface area contributed by atoms with Gasteiger partial charge in [0.1, 0.15) is 5.82 Å². The molecule has 0 spiro atoms. The number of hydrogen-bond donors (Lipinski definition) is 2. The Balaban J connectivity index is 1.63. The normalized spacial score (nSPS) is 24.9. The molecule has 4 nitrogen and oxygen atoms in total. The van der Waals surface area contributed by atoms with Gasteiger partial charge in [0, 0.05) is 6.04 Å². The van der Waals surface area contributed by atoms with Crippen LogP contribution in [0.4, 0.5) is 0 Å². The molecule has 1 unspecified atom stereocenters. The van der Waals surface area contributed by atoms with Gasteiger partial charge in [0.05, 0.1) is 17.1 Å². The highest BCUT2D eigenvalue weighted by Gasteiger charge is 2.33. The first-order valence-corrected chi connectivity index (χ1v) is 8.24. The summed E-state index contributed by atoms with van der Waals surface area (Å²) >= 11 is 0. The second-order valence-corrected chi connectivity index (χ2v) is 6.52. The Labute approximate surface area is 125 Å². The summed E-state index contributed by atoms with van der Waals surface area (Å²) in [6.45, 7) is 5.68. The molecule has 112 valence electrons. The fourth-order valence-electron chi connectivity index (χ4n) is 3.96. The van der Waals surface area contributed by atoms with Crippen molar-refractivity contribution in [1.82, 2.24) is 20.2 Å². The van der Waals surface area contributed by atoms with E-state index in [1.165, 1.54) is 49.1 Å². The van der Waals surface area contributed by atoms with Gasteiger partial charge in [-0.15, -0.1) is 0 Å². The summed E-state index contributed by atoms with van der Waals surface area (Å²) in [5, 5.41) is 3.47. The van der Waals surface area contributed by atoms with E-state index < -0.39 is 0 Å². The number of hydrogen-bond acceptors (Lipinski definition) is 3. The van der Waals surface area contributed by atoms with Crippen molar-refractivity contribution in [2.24, 2.45) is 0 Å². The van der Waals surface area contributed by atoms with Crippen LogP contribution in [0.25, 0.3) is 11.0 Å². The molecule has 3 heterocycles. The maximum Gasteiger partial charge on any atom is 0.124 e. The Morgan fingerprint density at radius 3 is 2.90 bits per heavy atom. The molecule has 4 heteroatoms. The summed E-state index contributed by atoms with van der Waals surface area (Å²) in [7, 11) is 0. The smallest absolute Gasteiger partial charge is 0.124 e. The van der Waals surface area contributed by atoms with Crippen molar-refractivity contribution in [2.45, 2.75) is 44.7 Å². The average molecular weight is 284 g/mol. The van der Waals surface area contributed by atoms with Crippen LogP contribution in [0.2, 0.25) is 0 Å². The highest BCUT2D eigenvalue weighted by molar-refractivity contribution is 5.75. The number of benzene rings is 1. The van der Waals surface area contributed by atoms with Crippen molar-refractivity contribution < 1.29 is 0 Å². The monoisotopic (exact) mass is 284 g/mol. The third kappa shape index (κ3) is 2.47. The number of fused-ring (bicyclic) bond motifs is 1. The van der Waals surface area contributed by atoms with E-state index in [1.54, 1.807) is 0 Å². The second kappa shape index (κ2) is 5.43. The lowest BCUT2D eigenvalue weighted by molar-refractivity contribution is 0.144. The topological polar surface area (TPSA) is 44.0 Å². The lowest BCUT2D eigenvalue weighted by atomic mass is 10.0. The van der Waals surface area contributed by atoms with Gasteiger partial charge in [-0.05, 0) is 69.9 Å². The summed E-state index contributed by atoms with van der Waals surface area (Å²) in [5.41, 5.74) is 3.58. The van der Waals surface area contributed by atoms with Crippen molar-refractivity contribution in [3.8, 4) is 0 Å². The summed E-state index contributed by atoms with van der Waals surface area (Å²) in [6.07, 6.45) is 5.08. The summed E-state index contributed by atoms with van der Waals surface area (Å²) < 4.78 is 0. The predicted molar refractivity (Wildman–Crippen MR) is 85.4 cm³/mol. The first kappa shape index (κ1) is 13.3. The quantitative estimate of drug-likeness (QED) is 0.891. The van der Waals surface area contributed by atoms with E-state index >= 15 is 0 Å². The van der Waals surface area contributed by atoms with Crippen molar-refractivity contribution in [3.63, 3.8) is 0 Å². The standard InChI is InChI=1S/C17H24N4/c1-12-4-5-14-15(11-12)20-17(19-14)16-3-2-10-21(16)13-6-8-18-9-7-13/h4-5,11,13,16,18H,2-3,6-10H2,1H3,(H,19,20). The SMILES string of the molecule is Cc1ccc2nc(C3CCCN3C3CCNCC3)[nH]c2c1. The largest absolute Gasteiger partial charge is 0.341 e. The highest BCUT2D eigenvalue weighted by atomic mass is 15.2. The molecule has 2 fully saturated rings. The zero-order valence-corrected chi connectivity index (χ0v) is 12.7. The molecule has 2 aliphatic rings. The van der Waals surface area contributed by atoms with Gasteiger partial charge in [0.25, 0.3) is 0 Å². The Morgan fingerprint density at radius 1 is 1.19 bits per heavy atom. The van der Waals surface area contributed by atoms with Crippen molar-refractivity contribution in [2.75, 3.05) is 19.6 Å². The molecule has 4 rings (SSSR count). The van der Waals surface area contributed by atoms with E-state index in [9.17, 15) is 0 Å². The van der Waals surface area contributed by atoms with Crippen molar-refractivity contribution in [3.05, 3.63) is 29.6 Å². The lowest BCUT2D eigenvalue weighted by Gasteiger charge is -2.35. The zero-order valence-electron chi connectivity index (χ0n) is 12.7. The number of piperidine rings is 1. The molecule has 2 saturated heterocycles. The molecule has 0 saturated carbocycles. The number of rotatable bonds is 2. The summed E-state index contributed by atoms with van der Waals surface area (Å²) in [4.78, 5) is 11.1. The third-order valence-electron chi connectivity index (χ3n) is 5.04. The number of nitrogens with one attached hydrogen (secondary N) is 2. The molecule has 1 atom stereocenters. The van der Waals surface area contributed by atoms with E-state index in [4.69, 9.17) is 4.98 Å². The number of aromatic nitrogens is 2. The van der Waals surface area contributed by atoms with Gasteiger partial charge in [-0.25, -0.2) is 4.98 Å². The molecule has 0 radical (unpaired) electrons. The van der Waals surface area contributed by atoms with Crippen molar-refractivity contribution >= 4 is 11.0 Å². The van der Waals surface area contributed by atoms with Gasteiger partial charge < -0.3 is 10.3 Å². The van der Waals surface area contributed by atoms with Gasteiger partial charge in [-0.2, -0.15) is 0 Å². The van der Waals surface area contributed by atoms with Gasteiger partial charge in [-0.1, -0.05) is 6.07 Å². The lowest BCUT2D eigenvalue weighted by Crippen LogP contribution is -2.42. The molecule has 2 N–H and O–H groups in total. The molecule has 1 aromatic heterocycles. The van der Waals surface area contributed by atoms with Gasteiger partial charge in [-0.3, -0.25) is 4.90 Å². The number of aromatic amines is 1. The zero-order chi connectivity index (χ0) is 14.2. The van der Waals surface area contributed by atoms with Crippen LogP contribution in [0.15, 0.2) is 18.2 Å². The van der Waals surface area contributed by atoms with Crippen LogP contribution in [0.5, 0.6) is 0 Å². The van der Waals surface area contributed by atoms with Gasteiger partial charge in [0.2, 0.25) is 0 Å². The summed E-state index contributed by atoms with van der Waals surface area (Å²) in [6, 6.07) is 7.70. The summed E-state index contributed by atoms with van der Waals surface area (Å²) in [5.74, 6) is 1.17. The van der Waals surface area contributed by atoms with E-state index in [0.29, 0.717) is 6.04 Å². The second-order valence-electron chi connectivity index (χ2n) is 6.52. The molecule has 21 heavy (non-hydrogen) atoms. The minimum absolute atomic E-state index is 0.487. The number of likely N-dealkylation sites (tertiary alicyclic amines) is 1. The first-order valence-electron chi connectivity index (χ1n) is 8.24. The van der Waals surface area contributed by atoms with Crippen molar-refractivity contribution in [1.29, 1.82) is 0 Å². The Bertz CT molecular complexity index is 627. The molecule has 0 aliphatic carbocycles. The minimum atomic E-state index is 0.487. The maximum atomic E-state index is 4.87. The van der Waals surface area contributed by atoms with E-state index in [2.05, 4.69) is 40.3 Å². The molecule has 2 aromatic rings. The molecule has 0 amide bonds. The number of aryl methyl sites for hydroxylation is 1. The average Bonchev–Trinajstić information content (AvgIpc) is 3.13. The number of imidazole rings is 1. The molecular formula is C17H24N4. The molecule has 2 aliphatic heterocycles. The van der Waals surface area contributed by atoms with E-state index in [-0.39, 0.29) is 0 Å². The van der Waals surface area contributed by atoms with Crippen LogP contribution < -0.4 is 5.32 Å². The van der Waals surface area contributed by atoms with Gasteiger partial charge in [0.15, 0.2) is 0 Å². The fraction of sp³-hybridized carbons (Fsp3) is 0.588. The van der Waals surface area contributed by atoms with Crippen LogP contribution >= 0.6 is 0 Å². The Kier molecular flexibility index (Phi) is 3.43. The fourth-order valence-corrected chi connectivity index (χ4v) is 3.96. The Hall–Kier alpha value is -1.39. The number of nitrogens with zero attached hydrogens (tertiary/aromatic N) is 2. The first-order chi connectivity index (χ1) is 10.3. The predicted octanol–water partition coefficient (Wildman–Crippen LogP) is 2.76. The molecular weight excluding hydrogens is 260 g/mol. The van der Waals surface area contributed by atoms with E-state index in [0.717, 1.165) is 24.6 Å². The van der Waals surface area contributed by atoms with Crippen LogP contribution in [-0.2, 0) is 0 Å². The Morgan fingerprint density at radius 2 is 2.05 bits per heavy atom. The van der Waals surface area contributed by atoms with E-state index in [1.807, 2.05) is 0 Å². The van der Waals surface area contributed by atoms with Crippen LogP contribution in [0, 0.1) is 6.92 Å². The number of H-pyrrole nitrogens is 1. The van der Waals surface area contributed by atoms with Crippen LogP contribution in [0.3, 0.4) is 0 Å².